The molecule has 0 fully saturated rings. The Morgan fingerprint density at radius 3 is 2.50 bits per heavy atom. The van der Waals surface area contributed by atoms with E-state index in [2.05, 4.69) is 4.98 Å². The number of carbonyl (C=O) groups excluding carboxylic acids is 1. The van der Waals surface area contributed by atoms with Gasteiger partial charge in [-0.3, -0.25) is 4.98 Å². The maximum Gasteiger partial charge on any atom is 1.00 e. The van der Waals surface area contributed by atoms with Gasteiger partial charge in [-0.1, -0.05) is 0 Å². The van der Waals surface area contributed by atoms with E-state index in [1.807, 2.05) is 6.07 Å². The summed E-state index contributed by atoms with van der Waals surface area (Å²) in [5.74, 6) is 0.460. The van der Waals surface area contributed by atoms with Crippen molar-refractivity contribution in [3.63, 3.8) is 0 Å². The summed E-state index contributed by atoms with van der Waals surface area (Å²) >= 11 is 0. The molecule has 1 rings (SSSR count). The van der Waals surface area contributed by atoms with Crippen molar-refractivity contribution >= 4 is 6.16 Å². The molecule has 0 atom stereocenters. The maximum absolute atomic E-state index is 8.79. The normalized spacial score (nSPS) is 7.33. The van der Waals surface area contributed by atoms with E-state index in [4.69, 9.17) is 30.1 Å². The van der Waals surface area contributed by atoms with E-state index >= 15 is 0 Å². The van der Waals surface area contributed by atoms with Gasteiger partial charge in [0.2, 0.25) is 0 Å². The number of nitrogens with zero attached hydrogens (tertiary/aromatic N) is 2. The number of carbonyl (C=O) groups is 1. The number of aliphatic hydroxyl groups excluding tert-OH is 1. The predicted octanol–water partition coefficient (Wildman–Crippen LogP) is -7.96. The van der Waals surface area contributed by atoms with Gasteiger partial charge in [0.15, 0.2) is 6.61 Å². The smallest absolute Gasteiger partial charge is 0.652 e. The Hall–Kier alpha value is 0.943. The fourth-order valence-electron chi connectivity index (χ4n) is 0.783. The number of nitriles is 1. The summed E-state index contributed by atoms with van der Waals surface area (Å²) in [5.41, 5.74) is 0.452. The van der Waals surface area contributed by atoms with Crippen LogP contribution in [0.3, 0.4) is 0 Å². The van der Waals surface area contributed by atoms with Crippen molar-refractivity contribution in [2.75, 3.05) is 6.61 Å². The minimum absolute atomic E-state index is 0. The second-order valence-corrected chi connectivity index (χ2v) is 2.30. The molecule has 0 unspecified atom stereocenters. The van der Waals surface area contributed by atoms with Crippen molar-refractivity contribution in [3.05, 3.63) is 24.0 Å². The van der Waals surface area contributed by atoms with E-state index in [-0.39, 0.29) is 116 Å². The zero-order chi connectivity index (χ0) is 12.4. The predicted molar refractivity (Wildman–Crippen MR) is 46.7 cm³/mol. The van der Waals surface area contributed by atoms with Crippen LogP contribution in [-0.4, -0.2) is 22.9 Å². The summed E-state index contributed by atoms with van der Waals surface area (Å²) in [6, 6.07) is 5.18. The van der Waals surface area contributed by atoms with Gasteiger partial charge in [0.1, 0.15) is 17.5 Å². The summed E-state index contributed by atoms with van der Waals surface area (Å²) < 4.78 is 4.99. The van der Waals surface area contributed by atoms with Crippen molar-refractivity contribution in [2.45, 2.75) is 6.61 Å². The van der Waals surface area contributed by atoms with Crippen LogP contribution in [0.2, 0.25) is 0 Å². The minimum atomic E-state index is -2.33. The van der Waals surface area contributed by atoms with Crippen LogP contribution in [0.5, 0.6) is 5.75 Å². The van der Waals surface area contributed by atoms with Crippen LogP contribution >= 0.6 is 0 Å². The zero-order valence-electron chi connectivity index (χ0n) is 10.1. The third-order valence-electron chi connectivity index (χ3n) is 1.29. The molecular weight excluding hydrogens is 294 g/mol. The molecule has 1 aromatic rings. The van der Waals surface area contributed by atoms with Crippen LogP contribution in [0.1, 0.15) is 5.69 Å². The van der Waals surface area contributed by atoms with Gasteiger partial charge in [0.25, 0.3) is 0 Å². The molecule has 0 spiro atoms. The zero-order valence-corrected chi connectivity index (χ0v) is 16.4. The number of ether oxygens (including phenoxy) is 1. The molecule has 0 aromatic carbocycles. The van der Waals surface area contributed by atoms with Gasteiger partial charge in [0.05, 0.1) is 6.61 Å². The largest absolute Gasteiger partial charge is 1.00 e. The fraction of sp³-hybridized carbons (Fsp3) is 0.222. The van der Waals surface area contributed by atoms with Gasteiger partial charge >= 0.3 is 103 Å². The van der Waals surface area contributed by atoms with Gasteiger partial charge in [-0.15, -0.1) is 0 Å². The van der Waals surface area contributed by atoms with Crippen molar-refractivity contribution in [2.24, 2.45) is 0 Å². The molecule has 1 N–H and O–H groups in total. The van der Waals surface area contributed by atoms with E-state index in [0.29, 0.717) is 11.4 Å². The summed E-state index contributed by atoms with van der Waals surface area (Å²) in [4.78, 5) is 12.2. The van der Waals surface area contributed by atoms with Crippen molar-refractivity contribution < 1.29 is 128 Å². The molecule has 0 bridgehead atoms. The molecule has 86 valence electrons. The number of aromatic nitrogens is 1. The number of hydrogen-bond acceptors (Lipinski definition) is 7. The van der Waals surface area contributed by atoms with E-state index in [1.54, 1.807) is 18.3 Å². The second kappa shape index (κ2) is 16.0. The molecule has 0 aliphatic carbocycles. The fourth-order valence-corrected chi connectivity index (χ4v) is 0.783. The first-order valence-corrected chi connectivity index (χ1v) is 4.04. The maximum atomic E-state index is 8.79. The number of carboxylic acid groups (broad SMARTS) is 2. The van der Waals surface area contributed by atoms with Crippen molar-refractivity contribution in [1.29, 1.82) is 5.26 Å². The first-order valence-electron chi connectivity index (χ1n) is 4.04. The van der Waals surface area contributed by atoms with Crippen molar-refractivity contribution in [3.8, 4) is 11.8 Å². The van der Waals surface area contributed by atoms with E-state index in [0.717, 1.165) is 0 Å². The van der Waals surface area contributed by atoms with Crippen LogP contribution in [0.15, 0.2) is 18.3 Å². The molecule has 9 heteroatoms. The Kier molecular flexibility index (Phi) is 21.3. The summed E-state index contributed by atoms with van der Waals surface area (Å²) in [5, 5.41) is 33.7. The molecule has 0 radical (unpaired) electrons. The SMILES string of the molecule is N#CCOc1cccnc1CO.O=C([O-])[O-].[K+].[K+]. The van der Waals surface area contributed by atoms with Crippen LogP contribution in [0.4, 0.5) is 4.79 Å². The summed E-state index contributed by atoms with van der Waals surface area (Å²) in [6.07, 6.45) is -0.773. The third kappa shape index (κ3) is 13.4. The first-order chi connectivity index (χ1) is 7.61. The second-order valence-electron chi connectivity index (χ2n) is 2.30. The van der Waals surface area contributed by atoms with Crippen LogP contribution < -0.4 is 118 Å². The Bertz CT molecular complexity index is 379. The number of hydrogen-bond donors (Lipinski definition) is 1. The molecule has 0 saturated carbocycles. The Labute approximate surface area is 189 Å². The van der Waals surface area contributed by atoms with Gasteiger partial charge in [-0.2, -0.15) is 5.26 Å². The summed E-state index contributed by atoms with van der Waals surface area (Å²) in [6.45, 7) is -0.208. The molecule has 0 saturated heterocycles. The van der Waals surface area contributed by atoms with Crippen molar-refractivity contribution in [1.82, 2.24) is 4.98 Å². The number of aliphatic hydroxyl groups is 1. The monoisotopic (exact) mass is 302 g/mol. The minimum Gasteiger partial charge on any atom is -0.652 e. The first kappa shape index (κ1) is 24.0. The van der Waals surface area contributed by atoms with Crippen LogP contribution in [-0.2, 0) is 6.61 Å². The molecule has 0 aliphatic heterocycles. The number of pyridine rings is 1. The van der Waals surface area contributed by atoms with Gasteiger partial charge in [-0.05, 0) is 18.3 Å². The average molecular weight is 302 g/mol. The third-order valence-corrected chi connectivity index (χ3v) is 1.29. The quantitative estimate of drug-likeness (QED) is 0.549. The molecule has 7 nitrogen and oxygen atoms in total. The van der Waals surface area contributed by atoms with E-state index < -0.39 is 6.16 Å². The molecule has 0 amide bonds. The molecular formula is C9H8K2N2O5. The van der Waals surface area contributed by atoms with Gasteiger partial charge < -0.3 is 24.9 Å². The Morgan fingerprint density at radius 1 is 1.50 bits per heavy atom. The Morgan fingerprint density at radius 2 is 2.06 bits per heavy atom. The van der Waals surface area contributed by atoms with E-state index in [9.17, 15) is 0 Å². The molecule has 1 aromatic heterocycles. The van der Waals surface area contributed by atoms with Crippen LogP contribution in [0.25, 0.3) is 0 Å². The average Bonchev–Trinajstić information content (AvgIpc) is 2.26. The number of rotatable bonds is 3. The topological polar surface area (TPSA) is 129 Å². The van der Waals surface area contributed by atoms with Gasteiger partial charge in [0, 0.05) is 6.20 Å². The van der Waals surface area contributed by atoms with E-state index in [1.165, 1.54) is 0 Å². The summed E-state index contributed by atoms with van der Waals surface area (Å²) in [7, 11) is 0. The Balaban J connectivity index is -0.000000332. The molecule has 18 heavy (non-hydrogen) atoms. The molecule has 0 aliphatic rings. The van der Waals surface area contributed by atoms with Crippen LogP contribution in [0, 0.1) is 11.3 Å². The van der Waals surface area contributed by atoms with Gasteiger partial charge in [-0.25, -0.2) is 0 Å². The molecule has 1 heterocycles. The standard InChI is InChI=1S/C8H8N2O2.CH2O3.2K/c9-3-5-12-8-2-1-4-10-7(8)6-11;2-1(3)4;;/h1-2,4,11H,5-6H2;(H2,2,3,4);;/q;;2*+1/p-2.